The van der Waals surface area contributed by atoms with Crippen LogP contribution in [0.2, 0.25) is 5.02 Å². The number of carbonyl (C=O) groups excluding carboxylic acids is 4. The van der Waals surface area contributed by atoms with Crippen molar-refractivity contribution >= 4 is 58.5 Å². The summed E-state index contributed by atoms with van der Waals surface area (Å²) < 4.78 is 18.6. The molecule has 0 saturated carbocycles. The lowest BCUT2D eigenvalue weighted by molar-refractivity contribution is -0.384. The number of benzene rings is 3. The molecule has 5 amide bonds. The zero-order valence-electron chi connectivity index (χ0n) is 19.1. The first-order chi connectivity index (χ1) is 18.1. The van der Waals surface area contributed by atoms with E-state index in [0.717, 1.165) is 18.2 Å². The number of carbonyl (C=O) groups is 4. The van der Waals surface area contributed by atoms with Gasteiger partial charge in [-0.25, -0.2) is 14.1 Å². The molecule has 1 aliphatic rings. The van der Waals surface area contributed by atoms with Gasteiger partial charge >= 0.3 is 6.03 Å². The van der Waals surface area contributed by atoms with E-state index in [0.29, 0.717) is 10.6 Å². The second-order valence-corrected chi connectivity index (χ2v) is 8.19. The minimum atomic E-state index is -1.04. The monoisotopic (exact) mass is 538 g/mol. The van der Waals surface area contributed by atoms with Crippen LogP contribution >= 0.6 is 11.6 Å². The van der Waals surface area contributed by atoms with Crippen LogP contribution in [0, 0.1) is 15.9 Å². The highest BCUT2D eigenvalue weighted by Gasteiger charge is 2.37. The zero-order chi connectivity index (χ0) is 27.4. The van der Waals surface area contributed by atoms with Gasteiger partial charge in [0.1, 0.15) is 17.1 Å². The van der Waals surface area contributed by atoms with Crippen LogP contribution in [0.5, 0.6) is 5.75 Å². The summed E-state index contributed by atoms with van der Waals surface area (Å²) in [6, 6.07) is 12.9. The minimum absolute atomic E-state index is 0.00321. The van der Waals surface area contributed by atoms with Crippen molar-refractivity contribution in [1.82, 2.24) is 5.32 Å². The van der Waals surface area contributed by atoms with Gasteiger partial charge in [-0.3, -0.25) is 29.8 Å². The van der Waals surface area contributed by atoms with Crippen molar-refractivity contribution in [3.05, 3.63) is 98.8 Å². The van der Waals surface area contributed by atoms with Gasteiger partial charge in [-0.2, -0.15) is 0 Å². The fraction of sp³-hybridized carbons (Fsp3) is 0.0400. The Hall–Kier alpha value is -5.10. The molecule has 192 valence electrons. The molecular formula is C25H16ClFN4O7. The molecule has 3 aromatic rings. The van der Waals surface area contributed by atoms with Crippen LogP contribution < -0.4 is 20.3 Å². The molecule has 1 saturated heterocycles. The van der Waals surface area contributed by atoms with Gasteiger partial charge in [0, 0.05) is 28.4 Å². The number of barbiturate groups is 1. The second-order valence-electron chi connectivity index (χ2n) is 7.76. The summed E-state index contributed by atoms with van der Waals surface area (Å²) in [6.45, 7) is -0.470. The normalized spacial score (nSPS) is 14.3. The predicted molar refractivity (Wildman–Crippen MR) is 134 cm³/mol. The van der Waals surface area contributed by atoms with E-state index in [-0.39, 0.29) is 27.7 Å². The molecule has 1 heterocycles. The SMILES string of the molecule is O=C(COc1ccc(Cl)cc1/C=C1/C(=O)NC(=O)N(c2ccc([N+](=O)[O-])cc2)C1=O)Nc1ccc(F)cc1. The summed E-state index contributed by atoms with van der Waals surface area (Å²) in [5.41, 5.74) is -0.209. The van der Waals surface area contributed by atoms with Gasteiger partial charge < -0.3 is 10.1 Å². The van der Waals surface area contributed by atoms with Crippen LogP contribution in [-0.4, -0.2) is 35.3 Å². The van der Waals surface area contributed by atoms with Gasteiger partial charge in [-0.1, -0.05) is 11.6 Å². The number of anilines is 2. The highest BCUT2D eigenvalue weighted by Crippen LogP contribution is 2.28. The average Bonchev–Trinajstić information content (AvgIpc) is 2.87. The maximum absolute atomic E-state index is 13.1. The Labute approximate surface area is 218 Å². The number of nitrogens with one attached hydrogen (secondary N) is 2. The smallest absolute Gasteiger partial charge is 0.335 e. The van der Waals surface area contributed by atoms with Gasteiger partial charge in [0.15, 0.2) is 6.61 Å². The summed E-state index contributed by atoms with van der Waals surface area (Å²) in [7, 11) is 0. The molecule has 0 aliphatic carbocycles. The van der Waals surface area contributed by atoms with Gasteiger partial charge in [0.05, 0.1) is 10.6 Å². The molecular weight excluding hydrogens is 523 g/mol. The number of hydrogen-bond acceptors (Lipinski definition) is 7. The first-order valence-corrected chi connectivity index (χ1v) is 11.1. The Morgan fingerprint density at radius 3 is 2.42 bits per heavy atom. The van der Waals surface area contributed by atoms with Crippen molar-refractivity contribution in [2.75, 3.05) is 16.8 Å². The zero-order valence-corrected chi connectivity index (χ0v) is 19.9. The maximum atomic E-state index is 13.1. The molecule has 0 bridgehead atoms. The number of nitrogens with zero attached hydrogens (tertiary/aromatic N) is 2. The van der Waals surface area contributed by atoms with Crippen LogP contribution in [0.1, 0.15) is 5.56 Å². The second kappa shape index (κ2) is 10.9. The number of halogens is 2. The number of non-ortho nitro benzene ring substituents is 1. The number of hydrogen-bond donors (Lipinski definition) is 2. The lowest BCUT2D eigenvalue weighted by Crippen LogP contribution is -2.54. The third-order valence-corrected chi connectivity index (χ3v) is 5.41. The molecule has 3 aromatic carbocycles. The number of nitro benzene ring substituents is 1. The van der Waals surface area contributed by atoms with Crippen molar-refractivity contribution in [2.45, 2.75) is 0 Å². The van der Waals surface area contributed by atoms with Crippen LogP contribution in [-0.2, 0) is 14.4 Å². The third kappa shape index (κ3) is 5.82. The number of amides is 5. The largest absolute Gasteiger partial charge is 0.483 e. The summed E-state index contributed by atoms with van der Waals surface area (Å²) in [5.74, 6) is -2.92. The lowest BCUT2D eigenvalue weighted by atomic mass is 10.1. The van der Waals surface area contributed by atoms with Crippen LogP contribution in [0.25, 0.3) is 6.08 Å². The fourth-order valence-corrected chi connectivity index (χ4v) is 3.59. The molecule has 0 unspecified atom stereocenters. The molecule has 1 fully saturated rings. The highest BCUT2D eigenvalue weighted by atomic mass is 35.5. The molecule has 2 N–H and O–H groups in total. The topological polar surface area (TPSA) is 148 Å². The average molecular weight is 539 g/mol. The number of urea groups is 1. The minimum Gasteiger partial charge on any atom is -0.483 e. The van der Waals surface area contributed by atoms with E-state index in [9.17, 15) is 33.7 Å². The molecule has 11 nitrogen and oxygen atoms in total. The Bertz CT molecular complexity index is 1490. The molecule has 1 aliphatic heterocycles. The maximum Gasteiger partial charge on any atom is 0.335 e. The molecule has 0 aromatic heterocycles. The molecule has 0 radical (unpaired) electrons. The molecule has 13 heteroatoms. The number of nitro groups is 1. The molecule has 4 rings (SSSR count). The van der Waals surface area contributed by atoms with E-state index in [1.54, 1.807) is 0 Å². The van der Waals surface area contributed by atoms with Crippen molar-refractivity contribution in [2.24, 2.45) is 0 Å². The first-order valence-electron chi connectivity index (χ1n) is 10.8. The lowest BCUT2D eigenvalue weighted by Gasteiger charge is -2.26. The van der Waals surface area contributed by atoms with E-state index >= 15 is 0 Å². The Morgan fingerprint density at radius 1 is 1.08 bits per heavy atom. The van der Waals surface area contributed by atoms with Crippen LogP contribution in [0.3, 0.4) is 0 Å². The summed E-state index contributed by atoms with van der Waals surface area (Å²) >= 11 is 6.08. The van der Waals surface area contributed by atoms with Crippen molar-refractivity contribution < 1.29 is 33.2 Å². The summed E-state index contributed by atoms with van der Waals surface area (Å²) in [6.07, 6.45) is 1.14. The fourth-order valence-electron chi connectivity index (χ4n) is 3.41. The van der Waals surface area contributed by atoms with Gasteiger partial charge in [0.2, 0.25) is 0 Å². The van der Waals surface area contributed by atoms with Gasteiger partial charge in [-0.15, -0.1) is 0 Å². The number of imide groups is 2. The number of ether oxygens (including phenoxy) is 1. The van der Waals surface area contributed by atoms with Crippen LogP contribution in [0.15, 0.2) is 72.3 Å². The Kier molecular flexibility index (Phi) is 7.44. The Morgan fingerprint density at radius 2 is 1.76 bits per heavy atom. The van der Waals surface area contributed by atoms with E-state index in [1.165, 1.54) is 54.6 Å². The van der Waals surface area contributed by atoms with Gasteiger partial charge in [-0.05, 0) is 60.7 Å². The Balaban J connectivity index is 1.57. The van der Waals surface area contributed by atoms with Crippen LogP contribution in [0.4, 0.5) is 26.2 Å². The molecule has 0 spiro atoms. The van der Waals surface area contributed by atoms with Crippen molar-refractivity contribution in [3.63, 3.8) is 0 Å². The number of rotatable bonds is 7. The van der Waals surface area contributed by atoms with E-state index < -0.39 is 46.7 Å². The predicted octanol–water partition coefficient (Wildman–Crippen LogP) is 4.07. The summed E-state index contributed by atoms with van der Waals surface area (Å²) in [5, 5.41) is 15.7. The first kappa shape index (κ1) is 26.0. The highest BCUT2D eigenvalue weighted by molar-refractivity contribution is 6.39. The van der Waals surface area contributed by atoms with E-state index in [1.807, 2.05) is 5.32 Å². The molecule has 0 atom stereocenters. The standard InChI is InChI=1S/C25H16ClFN4O7/c26-15-1-10-21(38-13-22(32)28-17-4-2-16(27)3-5-17)14(11-15)12-20-23(33)29-25(35)30(24(20)34)18-6-8-19(9-7-18)31(36)37/h1-12H,13H2,(H,28,32)(H,29,33,35)/b20-12-. The van der Waals surface area contributed by atoms with E-state index in [2.05, 4.69) is 5.32 Å². The van der Waals surface area contributed by atoms with Crippen molar-refractivity contribution in [1.29, 1.82) is 0 Å². The quantitative estimate of drug-likeness (QED) is 0.199. The summed E-state index contributed by atoms with van der Waals surface area (Å²) in [4.78, 5) is 61.2. The third-order valence-electron chi connectivity index (χ3n) is 5.18. The van der Waals surface area contributed by atoms with Crippen molar-refractivity contribution in [3.8, 4) is 5.75 Å². The molecule has 38 heavy (non-hydrogen) atoms. The van der Waals surface area contributed by atoms with Gasteiger partial charge in [0.25, 0.3) is 23.4 Å². The van der Waals surface area contributed by atoms with E-state index in [4.69, 9.17) is 16.3 Å².